The molecule has 0 saturated carbocycles. The average molecular weight is 227 g/mol. The summed E-state index contributed by atoms with van der Waals surface area (Å²) in [6.45, 7) is 1.58. The summed E-state index contributed by atoms with van der Waals surface area (Å²) in [7, 11) is 0. The van der Waals surface area contributed by atoms with Gasteiger partial charge in [0.1, 0.15) is 0 Å². The van der Waals surface area contributed by atoms with Gasteiger partial charge in [0.2, 0.25) is 0 Å². The first-order valence-electron chi connectivity index (χ1n) is 3.59. The van der Waals surface area contributed by atoms with Crippen LogP contribution in [-0.4, -0.2) is 0 Å². The van der Waals surface area contributed by atoms with Gasteiger partial charge >= 0.3 is 6.18 Å². The van der Waals surface area contributed by atoms with Crippen molar-refractivity contribution >= 4 is 18.1 Å². The van der Waals surface area contributed by atoms with Gasteiger partial charge in [-0.1, -0.05) is 0 Å². The number of hydrogen-bond acceptors (Lipinski definition) is 2. The van der Waals surface area contributed by atoms with Crippen LogP contribution in [0.5, 0.6) is 0 Å². The maximum Gasteiger partial charge on any atom is 0.416 e. The van der Waals surface area contributed by atoms with Gasteiger partial charge in [0, 0.05) is 5.69 Å². The minimum absolute atomic E-state index is 0. The van der Waals surface area contributed by atoms with Gasteiger partial charge in [-0.25, -0.2) is 0 Å². The summed E-state index contributed by atoms with van der Waals surface area (Å²) in [4.78, 5) is 0. The van der Waals surface area contributed by atoms with E-state index in [1.54, 1.807) is 6.92 Å². The largest absolute Gasteiger partial charge is 0.416 e. The van der Waals surface area contributed by atoms with Crippen LogP contribution >= 0.6 is 12.4 Å². The topological polar surface area (TPSA) is 38.0 Å². The summed E-state index contributed by atoms with van der Waals surface area (Å²) >= 11 is 0. The summed E-state index contributed by atoms with van der Waals surface area (Å²) in [6, 6.07) is 3.57. The van der Waals surface area contributed by atoms with Crippen LogP contribution in [0.2, 0.25) is 0 Å². The molecule has 0 spiro atoms. The second-order valence-electron chi connectivity index (χ2n) is 2.73. The Balaban J connectivity index is 0.00000169. The number of benzene rings is 1. The zero-order valence-corrected chi connectivity index (χ0v) is 8.17. The Morgan fingerprint density at radius 1 is 1.21 bits per heavy atom. The van der Waals surface area contributed by atoms with Crippen molar-refractivity contribution in [2.24, 2.45) is 5.84 Å². The summed E-state index contributed by atoms with van der Waals surface area (Å²) in [5.41, 5.74) is 2.26. The molecule has 2 nitrogen and oxygen atoms in total. The Bertz CT molecular complexity index is 312. The van der Waals surface area contributed by atoms with Crippen LogP contribution in [0.25, 0.3) is 0 Å². The van der Waals surface area contributed by atoms with E-state index >= 15 is 0 Å². The molecule has 0 heterocycles. The van der Waals surface area contributed by atoms with Crippen molar-refractivity contribution in [1.82, 2.24) is 0 Å². The van der Waals surface area contributed by atoms with E-state index < -0.39 is 11.7 Å². The SMILES string of the molecule is Cc1cc(NN)cc(C(F)(F)F)c1.Cl. The predicted octanol–water partition coefficient (Wildman–Crippen LogP) is 2.72. The van der Waals surface area contributed by atoms with E-state index in [1.807, 2.05) is 0 Å². The third-order valence-corrected chi connectivity index (χ3v) is 1.57. The number of rotatable bonds is 1. The highest BCUT2D eigenvalue weighted by atomic mass is 35.5. The van der Waals surface area contributed by atoms with E-state index in [2.05, 4.69) is 5.43 Å². The molecule has 0 atom stereocenters. The van der Waals surface area contributed by atoms with Crippen molar-refractivity contribution in [1.29, 1.82) is 0 Å². The highest BCUT2D eigenvalue weighted by Crippen LogP contribution is 2.31. The summed E-state index contributed by atoms with van der Waals surface area (Å²) < 4.78 is 36.6. The Hall–Kier alpha value is -0.940. The molecule has 14 heavy (non-hydrogen) atoms. The third-order valence-electron chi connectivity index (χ3n) is 1.57. The summed E-state index contributed by atoms with van der Waals surface area (Å²) in [6.07, 6.45) is -4.32. The monoisotopic (exact) mass is 226 g/mol. The standard InChI is InChI=1S/C8H9F3N2.ClH/c1-5-2-6(8(9,10)11)4-7(3-5)13-12;/h2-4,13H,12H2,1H3;1H. The van der Waals surface area contributed by atoms with Crippen molar-refractivity contribution in [3.63, 3.8) is 0 Å². The van der Waals surface area contributed by atoms with Crippen molar-refractivity contribution in [3.05, 3.63) is 29.3 Å². The number of nitrogens with one attached hydrogen (secondary N) is 1. The fourth-order valence-corrected chi connectivity index (χ4v) is 1.03. The van der Waals surface area contributed by atoms with E-state index in [0.717, 1.165) is 12.1 Å². The Kier molecular flexibility index (Phi) is 4.22. The van der Waals surface area contributed by atoms with Crippen molar-refractivity contribution in [2.45, 2.75) is 13.1 Å². The van der Waals surface area contributed by atoms with E-state index in [4.69, 9.17) is 5.84 Å². The van der Waals surface area contributed by atoms with Crippen LogP contribution in [0.15, 0.2) is 18.2 Å². The first-order chi connectivity index (χ1) is 5.93. The molecule has 0 aliphatic carbocycles. The van der Waals surface area contributed by atoms with Crippen LogP contribution in [0.4, 0.5) is 18.9 Å². The molecule has 0 fully saturated rings. The van der Waals surface area contributed by atoms with Gasteiger partial charge in [-0.3, -0.25) is 5.84 Å². The number of alkyl halides is 3. The minimum atomic E-state index is -4.32. The molecule has 0 amide bonds. The molecule has 0 aliphatic heterocycles. The lowest BCUT2D eigenvalue weighted by atomic mass is 10.1. The van der Waals surface area contributed by atoms with E-state index in [1.165, 1.54) is 6.07 Å². The van der Waals surface area contributed by atoms with Crippen LogP contribution in [-0.2, 0) is 6.18 Å². The van der Waals surface area contributed by atoms with Gasteiger partial charge in [0.05, 0.1) is 5.56 Å². The Labute approximate surface area is 85.7 Å². The molecule has 80 valence electrons. The quantitative estimate of drug-likeness (QED) is 0.571. The smallest absolute Gasteiger partial charge is 0.324 e. The molecule has 6 heteroatoms. The Morgan fingerprint density at radius 3 is 2.21 bits per heavy atom. The van der Waals surface area contributed by atoms with Crippen molar-refractivity contribution in [3.8, 4) is 0 Å². The number of aryl methyl sites for hydroxylation is 1. The minimum Gasteiger partial charge on any atom is -0.324 e. The van der Waals surface area contributed by atoms with Gasteiger partial charge in [-0.2, -0.15) is 13.2 Å². The number of hydrogen-bond donors (Lipinski definition) is 2. The van der Waals surface area contributed by atoms with Gasteiger partial charge in [0.25, 0.3) is 0 Å². The Morgan fingerprint density at radius 2 is 1.79 bits per heavy atom. The molecule has 1 aromatic rings. The molecule has 0 aliphatic rings. The number of halogens is 4. The predicted molar refractivity (Wildman–Crippen MR) is 51.2 cm³/mol. The van der Waals surface area contributed by atoms with Gasteiger partial charge in [0.15, 0.2) is 0 Å². The van der Waals surface area contributed by atoms with E-state index in [0.29, 0.717) is 5.56 Å². The molecular weight excluding hydrogens is 217 g/mol. The summed E-state index contributed by atoms with van der Waals surface area (Å²) in [5, 5.41) is 0. The van der Waals surface area contributed by atoms with Gasteiger partial charge in [-0.05, 0) is 30.7 Å². The highest BCUT2D eigenvalue weighted by Gasteiger charge is 2.30. The van der Waals surface area contributed by atoms with Crippen molar-refractivity contribution in [2.75, 3.05) is 5.43 Å². The van der Waals surface area contributed by atoms with E-state index in [9.17, 15) is 13.2 Å². The number of anilines is 1. The fourth-order valence-electron chi connectivity index (χ4n) is 1.03. The van der Waals surface area contributed by atoms with Crippen LogP contribution in [0.1, 0.15) is 11.1 Å². The molecule has 0 saturated heterocycles. The molecule has 3 N–H and O–H groups in total. The van der Waals surface area contributed by atoms with Gasteiger partial charge in [-0.15, -0.1) is 12.4 Å². The second kappa shape index (κ2) is 4.52. The molecule has 0 unspecified atom stereocenters. The first-order valence-corrected chi connectivity index (χ1v) is 3.59. The number of nitrogen functional groups attached to an aromatic ring is 1. The normalized spacial score (nSPS) is 10.6. The third kappa shape index (κ3) is 3.08. The zero-order chi connectivity index (χ0) is 10.1. The molecule has 1 rings (SSSR count). The lowest BCUT2D eigenvalue weighted by Gasteiger charge is -2.09. The lowest BCUT2D eigenvalue weighted by Crippen LogP contribution is -2.10. The summed E-state index contributed by atoms with van der Waals surface area (Å²) in [5.74, 6) is 5.01. The maximum atomic E-state index is 12.2. The maximum absolute atomic E-state index is 12.2. The zero-order valence-electron chi connectivity index (χ0n) is 7.35. The van der Waals surface area contributed by atoms with Gasteiger partial charge < -0.3 is 5.43 Å². The fraction of sp³-hybridized carbons (Fsp3) is 0.250. The first kappa shape index (κ1) is 13.1. The van der Waals surface area contributed by atoms with Crippen LogP contribution in [0, 0.1) is 6.92 Å². The molecule has 0 radical (unpaired) electrons. The highest BCUT2D eigenvalue weighted by molar-refractivity contribution is 5.85. The second-order valence-corrected chi connectivity index (χ2v) is 2.73. The lowest BCUT2D eigenvalue weighted by molar-refractivity contribution is -0.137. The molecular formula is C8H10ClF3N2. The van der Waals surface area contributed by atoms with E-state index in [-0.39, 0.29) is 18.1 Å². The van der Waals surface area contributed by atoms with Crippen LogP contribution < -0.4 is 11.3 Å². The molecule has 0 aromatic heterocycles. The number of nitrogens with two attached hydrogens (primary N) is 1. The molecule has 1 aromatic carbocycles. The number of hydrazine groups is 1. The molecule has 0 bridgehead atoms. The van der Waals surface area contributed by atoms with Crippen LogP contribution in [0.3, 0.4) is 0 Å². The average Bonchev–Trinajstić information content (AvgIpc) is 2.01. The van der Waals surface area contributed by atoms with Crippen molar-refractivity contribution < 1.29 is 13.2 Å².